The molecule has 90 valence electrons. The highest BCUT2D eigenvalue weighted by atomic mass is 35.5. The van der Waals surface area contributed by atoms with Crippen LogP contribution in [0.4, 0.5) is 0 Å². The molecule has 3 nitrogen and oxygen atoms in total. The molecule has 0 unspecified atom stereocenters. The molecule has 1 aliphatic rings. The zero-order chi connectivity index (χ0) is 11.4. The third-order valence-corrected chi connectivity index (χ3v) is 3.66. The minimum absolute atomic E-state index is 0.488. The van der Waals surface area contributed by atoms with E-state index in [0.29, 0.717) is 11.9 Å². The first kappa shape index (κ1) is 11.9. The van der Waals surface area contributed by atoms with Crippen molar-refractivity contribution in [2.75, 3.05) is 0 Å². The van der Waals surface area contributed by atoms with Crippen LogP contribution < -0.4 is 0 Å². The maximum atomic E-state index is 5.90. The summed E-state index contributed by atoms with van der Waals surface area (Å²) >= 11 is 5.90. The Bertz CT molecular complexity index is 329. The molecule has 1 aliphatic carbocycles. The second-order valence-corrected chi connectivity index (χ2v) is 4.87. The van der Waals surface area contributed by atoms with Gasteiger partial charge in [-0.2, -0.15) is 0 Å². The number of alkyl halides is 1. The van der Waals surface area contributed by atoms with Gasteiger partial charge in [0.25, 0.3) is 0 Å². The van der Waals surface area contributed by atoms with Crippen molar-refractivity contribution in [1.82, 2.24) is 15.0 Å². The highest BCUT2D eigenvalue weighted by molar-refractivity contribution is 6.16. The molecule has 2 rings (SSSR count). The zero-order valence-electron chi connectivity index (χ0n) is 9.95. The standard InChI is InChI=1S/C12H20ClN3/c1-2-6-12-11(9-13)14-15-16(12)10-7-4-3-5-8-10/h10H,2-9H2,1H3. The van der Waals surface area contributed by atoms with Crippen LogP contribution in [0.3, 0.4) is 0 Å². The summed E-state index contributed by atoms with van der Waals surface area (Å²) in [4.78, 5) is 0. The molecule has 16 heavy (non-hydrogen) atoms. The van der Waals surface area contributed by atoms with E-state index in [4.69, 9.17) is 11.6 Å². The molecule has 0 aliphatic heterocycles. The van der Waals surface area contributed by atoms with Gasteiger partial charge in [0.2, 0.25) is 0 Å². The molecule has 1 fully saturated rings. The summed E-state index contributed by atoms with van der Waals surface area (Å²) in [6.07, 6.45) is 8.70. The van der Waals surface area contributed by atoms with E-state index in [0.717, 1.165) is 18.5 Å². The lowest BCUT2D eigenvalue weighted by Gasteiger charge is -2.23. The van der Waals surface area contributed by atoms with E-state index in [9.17, 15) is 0 Å². The molecule has 0 bridgehead atoms. The Morgan fingerprint density at radius 1 is 1.31 bits per heavy atom. The van der Waals surface area contributed by atoms with Crippen molar-refractivity contribution >= 4 is 11.6 Å². The summed E-state index contributed by atoms with van der Waals surface area (Å²) in [5.41, 5.74) is 2.25. The van der Waals surface area contributed by atoms with Gasteiger partial charge in [0, 0.05) is 0 Å². The van der Waals surface area contributed by atoms with Gasteiger partial charge in [-0.05, 0) is 19.3 Å². The van der Waals surface area contributed by atoms with Gasteiger partial charge in [0.15, 0.2) is 0 Å². The lowest BCUT2D eigenvalue weighted by molar-refractivity contribution is 0.317. The molecule has 0 spiro atoms. The van der Waals surface area contributed by atoms with Crippen molar-refractivity contribution in [1.29, 1.82) is 0 Å². The van der Waals surface area contributed by atoms with Crippen LogP contribution in [0.5, 0.6) is 0 Å². The molecular weight excluding hydrogens is 222 g/mol. The van der Waals surface area contributed by atoms with Crippen LogP contribution in [0.15, 0.2) is 0 Å². The van der Waals surface area contributed by atoms with Gasteiger partial charge in [0.05, 0.1) is 17.6 Å². The molecule has 0 aromatic carbocycles. The Hall–Kier alpha value is -0.570. The van der Waals surface area contributed by atoms with Gasteiger partial charge >= 0.3 is 0 Å². The molecular formula is C12H20ClN3. The minimum atomic E-state index is 0.488. The monoisotopic (exact) mass is 241 g/mol. The zero-order valence-corrected chi connectivity index (χ0v) is 10.7. The lowest BCUT2D eigenvalue weighted by Crippen LogP contribution is -2.17. The van der Waals surface area contributed by atoms with Crippen LogP contribution in [0, 0.1) is 0 Å². The summed E-state index contributed by atoms with van der Waals surface area (Å²) in [6.45, 7) is 2.19. The van der Waals surface area contributed by atoms with Crippen LogP contribution in [-0.2, 0) is 12.3 Å². The topological polar surface area (TPSA) is 30.7 Å². The molecule has 0 atom stereocenters. The predicted molar refractivity (Wildman–Crippen MR) is 65.7 cm³/mol. The quantitative estimate of drug-likeness (QED) is 0.756. The van der Waals surface area contributed by atoms with Crippen LogP contribution in [-0.4, -0.2) is 15.0 Å². The molecule has 1 saturated carbocycles. The summed E-state index contributed by atoms with van der Waals surface area (Å²) in [5, 5.41) is 8.52. The summed E-state index contributed by atoms with van der Waals surface area (Å²) in [7, 11) is 0. The van der Waals surface area contributed by atoms with Crippen molar-refractivity contribution < 1.29 is 0 Å². The number of halogens is 1. The van der Waals surface area contributed by atoms with Gasteiger partial charge in [-0.3, -0.25) is 0 Å². The Kier molecular flexibility index (Phi) is 4.22. The van der Waals surface area contributed by atoms with Gasteiger partial charge in [-0.15, -0.1) is 16.7 Å². The number of aromatic nitrogens is 3. The lowest BCUT2D eigenvalue weighted by atomic mass is 9.95. The van der Waals surface area contributed by atoms with Crippen molar-refractivity contribution in [2.24, 2.45) is 0 Å². The number of hydrogen-bond donors (Lipinski definition) is 0. The van der Waals surface area contributed by atoms with Gasteiger partial charge in [0.1, 0.15) is 5.69 Å². The summed E-state index contributed by atoms with van der Waals surface area (Å²) < 4.78 is 2.15. The smallest absolute Gasteiger partial charge is 0.101 e. The first-order valence-electron chi connectivity index (χ1n) is 6.35. The third kappa shape index (κ3) is 2.40. The van der Waals surface area contributed by atoms with E-state index in [1.54, 1.807) is 0 Å². The van der Waals surface area contributed by atoms with Gasteiger partial charge < -0.3 is 0 Å². The highest BCUT2D eigenvalue weighted by Crippen LogP contribution is 2.29. The fourth-order valence-corrected chi connectivity index (χ4v) is 2.77. The van der Waals surface area contributed by atoms with Crippen LogP contribution in [0.1, 0.15) is 62.9 Å². The third-order valence-electron chi connectivity index (χ3n) is 3.41. The molecule has 0 amide bonds. The van der Waals surface area contributed by atoms with E-state index in [-0.39, 0.29) is 0 Å². The molecule has 0 radical (unpaired) electrons. The average molecular weight is 242 g/mol. The van der Waals surface area contributed by atoms with Crippen molar-refractivity contribution in [3.8, 4) is 0 Å². The minimum Gasteiger partial charge on any atom is -0.246 e. The van der Waals surface area contributed by atoms with E-state index in [2.05, 4.69) is 21.9 Å². The Morgan fingerprint density at radius 2 is 2.06 bits per heavy atom. The van der Waals surface area contributed by atoms with Gasteiger partial charge in [-0.1, -0.05) is 37.8 Å². The number of hydrogen-bond acceptors (Lipinski definition) is 2. The van der Waals surface area contributed by atoms with Crippen LogP contribution >= 0.6 is 11.6 Å². The molecule has 0 saturated heterocycles. The fraction of sp³-hybridized carbons (Fsp3) is 0.833. The highest BCUT2D eigenvalue weighted by Gasteiger charge is 2.21. The second-order valence-electron chi connectivity index (χ2n) is 4.60. The Labute approximate surface area is 102 Å². The molecule has 1 heterocycles. The van der Waals surface area contributed by atoms with Crippen molar-refractivity contribution in [3.63, 3.8) is 0 Å². The predicted octanol–water partition coefficient (Wildman–Crippen LogP) is 3.47. The Balaban J connectivity index is 2.20. The van der Waals surface area contributed by atoms with Crippen LogP contribution in [0.25, 0.3) is 0 Å². The second kappa shape index (κ2) is 5.67. The first-order chi connectivity index (χ1) is 7.86. The molecule has 1 aromatic rings. The maximum Gasteiger partial charge on any atom is 0.101 e. The number of nitrogens with zero attached hydrogens (tertiary/aromatic N) is 3. The van der Waals surface area contributed by atoms with Crippen molar-refractivity contribution in [3.05, 3.63) is 11.4 Å². The normalized spacial score (nSPS) is 17.9. The van der Waals surface area contributed by atoms with E-state index < -0.39 is 0 Å². The molecule has 1 aromatic heterocycles. The van der Waals surface area contributed by atoms with Crippen LogP contribution in [0.2, 0.25) is 0 Å². The first-order valence-corrected chi connectivity index (χ1v) is 6.89. The SMILES string of the molecule is CCCc1c(CCl)nnn1C1CCCCC1. The fourth-order valence-electron chi connectivity index (χ4n) is 2.56. The summed E-state index contributed by atoms with van der Waals surface area (Å²) in [6, 6.07) is 0.569. The largest absolute Gasteiger partial charge is 0.246 e. The summed E-state index contributed by atoms with van der Waals surface area (Å²) in [5.74, 6) is 0.488. The maximum absolute atomic E-state index is 5.90. The van der Waals surface area contributed by atoms with E-state index in [1.807, 2.05) is 0 Å². The molecule has 4 heteroatoms. The molecule has 0 N–H and O–H groups in total. The van der Waals surface area contributed by atoms with E-state index in [1.165, 1.54) is 37.8 Å². The number of rotatable bonds is 4. The van der Waals surface area contributed by atoms with Crippen molar-refractivity contribution in [2.45, 2.75) is 63.8 Å². The average Bonchev–Trinajstić information content (AvgIpc) is 2.74. The van der Waals surface area contributed by atoms with E-state index >= 15 is 0 Å². The Morgan fingerprint density at radius 3 is 2.69 bits per heavy atom. The van der Waals surface area contributed by atoms with Gasteiger partial charge in [-0.25, -0.2) is 4.68 Å².